The molecule has 2 rings (SSSR count). The normalized spacial score (nSPS) is 21.1. The van der Waals surface area contributed by atoms with E-state index in [9.17, 15) is 24.3 Å². The summed E-state index contributed by atoms with van der Waals surface area (Å²) in [6.45, 7) is 3.28. The Morgan fingerprint density at radius 1 is 1.20 bits per heavy atom. The van der Waals surface area contributed by atoms with Crippen molar-refractivity contribution in [2.75, 3.05) is 13.6 Å². The molecule has 0 bridgehead atoms. The van der Waals surface area contributed by atoms with Crippen molar-refractivity contribution in [3.05, 3.63) is 0 Å². The van der Waals surface area contributed by atoms with Crippen LogP contribution < -0.4 is 5.32 Å². The number of carboxylic acids is 1. The van der Waals surface area contributed by atoms with Crippen LogP contribution in [-0.4, -0.2) is 63.9 Å². The molecular weight excluding hydrogens is 326 g/mol. The molecule has 0 aromatic heterocycles. The smallest absolute Gasteiger partial charge is 0.327 e. The maximum absolute atomic E-state index is 12.8. The lowest BCUT2D eigenvalue weighted by Crippen LogP contribution is -2.50. The summed E-state index contributed by atoms with van der Waals surface area (Å²) in [7, 11) is 1.60. The van der Waals surface area contributed by atoms with Crippen LogP contribution in [0.3, 0.4) is 0 Å². The predicted octanol–water partition coefficient (Wildman–Crippen LogP) is 1.20. The quantitative estimate of drug-likeness (QED) is 0.698. The number of carboxylic acid groups (broad SMARTS) is 1. The second-order valence-corrected chi connectivity index (χ2v) is 7.41. The monoisotopic (exact) mass is 353 g/mol. The molecule has 1 atom stereocenters. The van der Waals surface area contributed by atoms with E-state index < -0.39 is 36.0 Å². The highest BCUT2D eigenvalue weighted by Crippen LogP contribution is 2.39. The first kappa shape index (κ1) is 19.2. The fourth-order valence-electron chi connectivity index (χ4n) is 3.75. The molecule has 1 aliphatic heterocycles. The Morgan fingerprint density at radius 2 is 1.80 bits per heavy atom. The van der Waals surface area contributed by atoms with Gasteiger partial charge in [0.15, 0.2) is 0 Å². The van der Waals surface area contributed by atoms with Gasteiger partial charge in [-0.1, -0.05) is 33.1 Å². The zero-order valence-corrected chi connectivity index (χ0v) is 15.1. The number of carbonyl (C=O) groups is 4. The topological polar surface area (TPSA) is 107 Å². The average molecular weight is 353 g/mol. The Bertz CT molecular complexity index is 569. The van der Waals surface area contributed by atoms with Gasteiger partial charge in [0, 0.05) is 7.05 Å². The van der Waals surface area contributed by atoms with Crippen molar-refractivity contribution in [2.24, 2.45) is 5.92 Å². The van der Waals surface area contributed by atoms with Crippen molar-refractivity contribution in [1.29, 1.82) is 0 Å². The number of hydrogen-bond donors (Lipinski definition) is 2. The average Bonchev–Trinajstić information content (AvgIpc) is 2.71. The van der Waals surface area contributed by atoms with Gasteiger partial charge in [-0.15, -0.1) is 0 Å². The first-order chi connectivity index (χ1) is 11.7. The van der Waals surface area contributed by atoms with E-state index in [1.807, 2.05) is 13.8 Å². The Morgan fingerprint density at radius 3 is 2.32 bits per heavy atom. The van der Waals surface area contributed by atoms with Gasteiger partial charge in [-0.3, -0.25) is 14.5 Å². The van der Waals surface area contributed by atoms with Gasteiger partial charge in [-0.25, -0.2) is 9.59 Å². The molecule has 0 radical (unpaired) electrons. The van der Waals surface area contributed by atoms with Crippen LogP contribution in [0.5, 0.6) is 0 Å². The highest BCUT2D eigenvalue weighted by atomic mass is 16.4. The summed E-state index contributed by atoms with van der Waals surface area (Å²) in [4.78, 5) is 51.1. The lowest BCUT2D eigenvalue weighted by Gasteiger charge is -2.35. The number of nitrogens with zero attached hydrogens (tertiary/aromatic N) is 2. The van der Waals surface area contributed by atoms with Gasteiger partial charge in [0.2, 0.25) is 5.91 Å². The minimum absolute atomic E-state index is 0.0908. The van der Waals surface area contributed by atoms with Crippen molar-refractivity contribution >= 4 is 23.8 Å². The summed E-state index contributed by atoms with van der Waals surface area (Å²) >= 11 is 0. The molecule has 2 fully saturated rings. The van der Waals surface area contributed by atoms with E-state index in [0.717, 1.165) is 24.2 Å². The number of likely N-dealkylation sites (N-methyl/N-ethyl adjacent to an activating group) is 1. The van der Waals surface area contributed by atoms with Gasteiger partial charge in [0.25, 0.3) is 5.91 Å². The zero-order valence-electron chi connectivity index (χ0n) is 15.1. The van der Waals surface area contributed by atoms with Crippen LogP contribution in [0.15, 0.2) is 0 Å². The van der Waals surface area contributed by atoms with Crippen LogP contribution in [0.1, 0.15) is 52.4 Å². The van der Waals surface area contributed by atoms with Crippen molar-refractivity contribution in [3.63, 3.8) is 0 Å². The molecule has 1 saturated carbocycles. The van der Waals surface area contributed by atoms with E-state index >= 15 is 0 Å². The molecular formula is C17H27N3O5. The van der Waals surface area contributed by atoms with Crippen molar-refractivity contribution in [1.82, 2.24) is 15.1 Å². The molecule has 0 unspecified atom stereocenters. The summed E-state index contributed by atoms with van der Waals surface area (Å²) in [5.41, 5.74) is -0.834. The van der Waals surface area contributed by atoms with Gasteiger partial charge >= 0.3 is 12.0 Å². The van der Waals surface area contributed by atoms with Crippen molar-refractivity contribution < 1.29 is 24.3 Å². The van der Waals surface area contributed by atoms with Crippen LogP contribution >= 0.6 is 0 Å². The fourth-order valence-corrected chi connectivity index (χ4v) is 3.75. The van der Waals surface area contributed by atoms with Gasteiger partial charge in [-0.2, -0.15) is 0 Å². The third-order valence-electron chi connectivity index (χ3n) is 5.13. The van der Waals surface area contributed by atoms with E-state index in [1.165, 1.54) is 4.90 Å². The van der Waals surface area contributed by atoms with Gasteiger partial charge < -0.3 is 15.3 Å². The second kappa shape index (κ2) is 7.41. The molecule has 1 saturated heterocycles. The molecule has 1 spiro atoms. The number of rotatable bonds is 6. The molecule has 2 aliphatic rings. The Labute approximate surface area is 147 Å². The minimum Gasteiger partial charge on any atom is -0.480 e. The van der Waals surface area contributed by atoms with E-state index in [0.29, 0.717) is 12.8 Å². The molecule has 2 N–H and O–H groups in total. The maximum atomic E-state index is 12.8. The Kier molecular flexibility index (Phi) is 5.69. The molecule has 1 aliphatic carbocycles. The summed E-state index contributed by atoms with van der Waals surface area (Å²) < 4.78 is 0. The number of hydrogen-bond acceptors (Lipinski definition) is 4. The largest absolute Gasteiger partial charge is 0.480 e. The van der Waals surface area contributed by atoms with Crippen molar-refractivity contribution in [3.8, 4) is 0 Å². The summed E-state index contributed by atoms with van der Waals surface area (Å²) in [5.74, 6) is -2.00. The summed E-state index contributed by atoms with van der Waals surface area (Å²) in [5, 5.41) is 11.6. The van der Waals surface area contributed by atoms with Crippen LogP contribution in [0.25, 0.3) is 0 Å². The molecule has 25 heavy (non-hydrogen) atoms. The third kappa shape index (κ3) is 3.77. The van der Waals surface area contributed by atoms with E-state index in [4.69, 9.17) is 0 Å². The summed E-state index contributed by atoms with van der Waals surface area (Å²) in [6, 6.07) is -1.51. The number of carbonyl (C=O) groups excluding carboxylic acids is 3. The van der Waals surface area contributed by atoms with Gasteiger partial charge in [0.1, 0.15) is 18.1 Å². The molecule has 4 amide bonds. The van der Waals surface area contributed by atoms with Crippen LogP contribution in [0.4, 0.5) is 4.79 Å². The standard InChI is InChI=1S/C17H27N3O5/c1-11(2)9-12(14(22)23)18-13(21)10-20-15(24)17(19(3)16(20)25)7-5-4-6-8-17/h11-12H,4-10H2,1-3H3,(H,18,21)(H,22,23)/t12-/m1/s1. The SMILES string of the molecule is CC(C)C[C@@H](NC(=O)CN1C(=O)N(C)C2(CCCCC2)C1=O)C(=O)O. The highest BCUT2D eigenvalue weighted by Gasteiger charge is 2.55. The number of imide groups is 1. The van der Waals surface area contributed by atoms with Crippen molar-refractivity contribution in [2.45, 2.75) is 64.0 Å². The van der Waals surface area contributed by atoms with E-state index in [1.54, 1.807) is 7.05 Å². The number of aliphatic carboxylic acids is 1. The van der Waals surface area contributed by atoms with Gasteiger partial charge in [-0.05, 0) is 25.2 Å². The number of urea groups is 1. The van der Waals surface area contributed by atoms with E-state index in [-0.39, 0.29) is 18.2 Å². The third-order valence-corrected chi connectivity index (χ3v) is 5.13. The fraction of sp³-hybridized carbons (Fsp3) is 0.765. The van der Waals surface area contributed by atoms with Crippen LogP contribution in [0.2, 0.25) is 0 Å². The molecule has 8 nitrogen and oxygen atoms in total. The lowest BCUT2D eigenvalue weighted by molar-refractivity contribution is -0.142. The molecule has 0 aromatic rings. The molecule has 1 heterocycles. The van der Waals surface area contributed by atoms with Crippen LogP contribution in [0, 0.1) is 5.92 Å². The molecule has 140 valence electrons. The van der Waals surface area contributed by atoms with Gasteiger partial charge in [0.05, 0.1) is 0 Å². The van der Waals surface area contributed by atoms with E-state index in [2.05, 4.69) is 5.32 Å². The first-order valence-electron chi connectivity index (χ1n) is 8.81. The first-order valence-corrected chi connectivity index (χ1v) is 8.81. The second-order valence-electron chi connectivity index (χ2n) is 7.41. The number of nitrogens with one attached hydrogen (secondary N) is 1. The Hall–Kier alpha value is -2.12. The number of amides is 4. The molecule has 0 aromatic carbocycles. The summed E-state index contributed by atoms with van der Waals surface area (Å²) in [6.07, 6.45) is 4.28. The lowest BCUT2D eigenvalue weighted by atomic mass is 9.81. The zero-order chi connectivity index (χ0) is 18.8. The van der Waals surface area contributed by atoms with Crippen LogP contribution in [-0.2, 0) is 14.4 Å². The Balaban J connectivity index is 2.06. The predicted molar refractivity (Wildman–Crippen MR) is 89.7 cm³/mol. The highest BCUT2D eigenvalue weighted by molar-refractivity contribution is 6.09. The minimum atomic E-state index is -1.12. The molecule has 8 heteroatoms. The maximum Gasteiger partial charge on any atom is 0.327 e.